The molecule has 2 nitrogen and oxygen atoms in total. The summed E-state index contributed by atoms with van der Waals surface area (Å²) in [5, 5.41) is 2.90. The third-order valence-corrected chi connectivity index (χ3v) is 3.04. The fourth-order valence-electron chi connectivity index (χ4n) is 2.28. The lowest BCUT2D eigenvalue weighted by atomic mass is 9.98. The van der Waals surface area contributed by atoms with Crippen molar-refractivity contribution in [2.45, 2.75) is 38.5 Å². The average molecular weight is 179 g/mol. The molecule has 0 bridgehead atoms. The number of nitrogens with one attached hydrogen (secondary N) is 1. The van der Waals surface area contributed by atoms with Gasteiger partial charge in [-0.3, -0.25) is 4.79 Å². The summed E-state index contributed by atoms with van der Waals surface area (Å²) in [7, 11) is 0. The van der Waals surface area contributed by atoms with Crippen LogP contribution >= 0.6 is 0 Å². The number of piperidine rings is 1. The van der Waals surface area contributed by atoms with Gasteiger partial charge >= 0.3 is 0 Å². The molecule has 1 aliphatic carbocycles. The molecule has 0 unspecified atom stereocenters. The van der Waals surface area contributed by atoms with Crippen molar-refractivity contribution in [3.8, 4) is 0 Å². The number of hydrogen-bond acceptors (Lipinski definition) is 1. The Balaban J connectivity index is 1.99. The predicted molar refractivity (Wildman–Crippen MR) is 52.3 cm³/mol. The molecule has 2 heteroatoms. The molecule has 0 radical (unpaired) electrons. The Hall–Kier alpha value is -0.790. The van der Waals surface area contributed by atoms with Gasteiger partial charge in [-0.25, -0.2) is 0 Å². The Labute approximate surface area is 79.4 Å². The van der Waals surface area contributed by atoms with Crippen molar-refractivity contribution in [3.05, 3.63) is 11.6 Å². The second-order valence-electron chi connectivity index (χ2n) is 4.10. The van der Waals surface area contributed by atoms with Crippen molar-refractivity contribution in [1.82, 2.24) is 5.32 Å². The molecule has 1 N–H and O–H groups in total. The minimum absolute atomic E-state index is 0.179. The smallest absolute Gasteiger partial charge is 0.246 e. The van der Waals surface area contributed by atoms with Crippen molar-refractivity contribution >= 4 is 5.91 Å². The lowest BCUT2D eigenvalue weighted by molar-refractivity contribution is -0.118. The first kappa shape index (κ1) is 8.79. The minimum atomic E-state index is 0.179. The Morgan fingerprint density at radius 1 is 1.23 bits per heavy atom. The van der Waals surface area contributed by atoms with E-state index in [4.69, 9.17) is 0 Å². The Bertz CT molecular complexity index is 226. The highest BCUT2D eigenvalue weighted by molar-refractivity contribution is 5.94. The summed E-state index contributed by atoms with van der Waals surface area (Å²) < 4.78 is 0. The van der Waals surface area contributed by atoms with Gasteiger partial charge in [-0.1, -0.05) is 18.9 Å². The third kappa shape index (κ3) is 2.11. The van der Waals surface area contributed by atoms with E-state index in [2.05, 4.69) is 11.4 Å². The van der Waals surface area contributed by atoms with E-state index < -0.39 is 0 Å². The molecule has 2 rings (SSSR count). The topological polar surface area (TPSA) is 29.1 Å². The largest absolute Gasteiger partial charge is 0.352 e. The van der Waals surface area contributed by atoms with Crippen molar-refractivity contribution in [2.75, 3.05) is 6.54 Å². The molecule has 1 saturated heterocycles. The van der Waals surface area contributed by atoms with Crippen LogP contribution in [0.5, 0.6) is 0 Å². The summed E-state index contributed by atoms with van der Waals surface area (Å²) >= 11 is 0. The summed E-state index contributed by atoms with van der Waals surface area (Å²) in [5.74, 6) is 0.872. The highest BCUT2D eigenvalue weighted by atomic mass is 16.1. The Kier molecular flexibility index (Phi) is 2.67. The molecule has 1 aliphatic heterocycles. The van der Waals surface area contributed by atoms with Gasteiger partial charge in [0.15, 0.2) is 0 Å². The molecule has 0 aromatic rings. The highest BCUT2D eigenvalue weighted by Gasteiger charge is 2.18. The fourth-order valence-corrected chi connectivity index (χ4v) is 2.28. The molecular weight excluding hydrogens is 162 g/mol. The highest BCUT2D eigenvalue weighted by Crippen LogP contribution is 2.28. The normalized spacial score (nSPS) is 28.0. The second-order valence-corrected chi connectivity index (χ2v) is 4.10. The molecule has 0 aromatic carbocycles. The zero-order chi connectivity index (χ0) is 9.10. The molecular formula is C11H17NO. The second kappa shape index (κ2) is 3.95. The predicted octanol–water partition coefficient (Wildman–Crippen LogP) is 2.01. The van der Waals surface area contributed by atoms with Gasteiger partial charge in [0.05, 0.1) is 0 Å². The Morgan fingerprint density at radius 2 is 2.00 bits per heavy atom. The Morgan fingerprint density at radius 3 is 2.69 bits per heavy atom. The zero-order valence-electron chi connectivity index (χ0n) is 8.01. The summed E-state index contributed by atoms with van der Waals surface area (Å²) in [6.45, 7) is 0.862. The van der Waals surface area contributed by atoms with Crippen molar-refractivity contribution in [2.24, 2.45) is 5.92 Å². The molecule has 0 spiro atoms. The number of amides is 1. The first-order valence-corrected chi connectivity index (χ1v) is 5.35. The van der Waals surface area contributed by atoms with Gasteiger partial charge in [-0.15, -0.1) is 0 Å². The van der Waals surface area contributed by atoms with Crippen LogP contribution in [0.3, 0.4) is 0 Å². The van der Waals surface area contributed by atoms with Crippen LogP contribution in [0.4, 0.5) is 0 Å². The number of carbonyl (C=O) groups is 1. The van der Waals surface area contributed by atoms with Gasteiger partial charge in [0.25, 0.3) is 0 Å². The average Bonchev–Trinajstić information content (AvgIpc) is 2.61. The van der Waals surface area contributed by atoms with Crippen LogP contribution in [-0.2, 0) is 4.79 Å². The molecule has 2 fully saturated rings. The molecule has 0 atom stereocenters. The quantitative estimate of drug-likeness (QED) is 0.613. The number of allylic oxidation sites excluding steroid dienone is 1. The zero-order valence-corrected chi connectivity index (χ0v) is 8.01. The van der Waals surface area contributed by atoms with Gasteiger partial charge in [0.2, 0.25) is 5.91 Å². The lowest BCUT2D eigenvalue weighted by Crippen LogP contribution is -2.31. The van der Waals surface area contributed by atoms with E-state index in [1.54, 1.807) is 0 Å². The van der Waals surface area contributed by atoms with Crippen LogP contribution in [0.1, 0.15) is 38.5 Å². The summed E-state index contributed by atoms with van der Waals surface area (Å²) in [6, 6.07) is 0. The fraction of sp³-hybridized carbons (Fsp3) is 0.727. The summed E-state index contributed by atoms with van der Waals surface area (Å²) in [5.41, 5.74) is 1.04. The maximum atomic E-state index is 11.4. The third-order valence-electron chi connectivity index (χ3n) is 3.04. The van der Waals surface area contributed by atoms with Crippen LogP contribution in [-0.4, -0.2) is 12.5 Å². The van der Waals surface area contributed by atoms with Crippen molar-refractivity contribution in [3.63, 3.8) is 0 Å². The van der Waals surface area contributed by atoms with Crippen molar-refractivity contribution < 1.29 is 4.79 Å². The standard InChI is InChI=1S/C11H17NO/c13-11-10(6-3-7-12-11)8-9-4-1-2-5-9/h8-9H,1-7H2,(H,12,13). The molecule has 1 heterocycles. The molecule has 1 amide bonds. The van der Waals surface area contributed by atoms with Crippen LogP contribution < -0.4 is 5.32 Å². The molecule has 1 saturated carbocycles. The van der Waals surface area contributed by atoms with Crippen LogP contribution in [0.15, 0.2) is 11.6 Å². The molecule has 13 heavy (non-hydrogen) atoms. The molecule has 0 aromatic heterocycles. The van der Waals surface area contributed by atoms with Gasteiger partial charge in [-0.05, 0) is 31.6 Å². The summed E-state index contributed by atoms with van der Waals surface area (Å²) in [6.07, 6.45) is 9.59. The van der Waals surface area contributed by atoms with Crippen molar-refractivity contribution in [1.29, 1.82) is 0 Å². The first-order chi connectivity index (χ1) is 6.36. The van der Waals surface area contributed by atoms with E-state index in [9.17, 15) is 4.79 Å². The number of carbonyl (C=O) groups excluding carboxylic acids is 1. The number of hydrogen-bond donors (Lipinski definition) is 1. The molecule has 2 aliphatic rings. The van der Waals surface area contributed by atoms with E-state index in [-0.39, 0.29) is 5.91 Å². The van der Waals surface area contributed by atoms with E-state index in [1.165, 1.54) is 25.7 Å². The van der Waals surface area contributed by atoms with E-state index in [1.807, 2.05) is 0 Å². The van der Waals surface area contributed by atoms with Gasteiger partial charge in [-0.2, -0.15) is 0 Å². The van der Waals surface area contributed by atoms with Gasteiger partial charge in [0, 0.05) is 12.1 Å². The SMILES string of the molecule is O=C1NCCCC1=CC1CCCC1. The van der Waals surface area contributed by atoms with E-state index in [0.717, 1.165) is 25.0 Å². The summed E-state index contributed by atoms with van der Waals surface area (Å²) in [4.78, 5) is 11.4. The van der Waals surface area contributed by atoms with Crippen LogP contribution in [0.25, 0.3) is 0 Å². The van der Waals surface area contributed by atoms with Gasteiger partial charge in [0.1, 0.15) is 0 Å². The lowest BCUT2D eigenvalue weighted by Gasteiger charge is -2.16. The number of rotatable bonds is 1. The van der Waals surface area contributed by atoms with E-state index >= 15 is 0 Å². The minimum Gasteiger partial charge on any atom is -0.352 e. The maximum absolute atomic E-state index is 11.4. The molecule has 72 valence electrons. The van der Waals surface area contributed by atoms with Crippen LogP contribution in [0, 0.1) is 5.92 Å². The van der Waals surface area contributed by atoms with Gasteiger partial charge < -0.3 is 5.32 Å². The van der Waals surface area contributed by atoms with E-state index in [0.29, 0.717) is 5.92 Å². The first-order valence-electron chi connectivity index (χ1n) is 5.35. The monoisotopic (exact) mass is 179 g/mol. The van der Waals surface area contributed by atoms with Crippen LogP contribution in [0.2, 0.25) is 0 Å². The maximum Gasteiger partial charge on any atom is 0.246 e.